The second kappa shape index (κ2) is 8.60. The molecule has 0 spiro atoms. The molecule has 0 bridgehead atoms. The Bertz CT molecular complexity index is 1020. The van der Waals surface area contributed by atoms with Gasteiger partial charge >= 0.3 is 0 Å². The molecular weight excluding hydrogens is 520 g/mol. The molecule has 1 aromatic heterocycles. The number of hydrogen-bond acceptors (Lipinski definition) is 4. The first-order valence-corrected chi connectivity index (χ1v) is 10.5. The Morgan fingerprint density at radius 2 is 1.93 bits per heavy atom. The van der Waals surface area contributed by atoms with Gasteiger partial charge in [0.1, 0.15) is 10.6 Å². The number of fused-ring (bicyclic) bond motifs is 1. The highest BCUT2D eigenvalue weighted by atomic mass is 79.9. The van der Waals surface area contributed by atoms with E-state index in [9.17, 15) is 9.59 Å². The summed E-state index contributed by atoms with van der Waals surface area (Å²) in [6.45, 7) is 1.62. The van der Waals surface area contributed by atoms with Crippen LogP contribution in [0.1, 0.15) is 15.2 Å². The van der Waals surface area contributed by atoms with Crippen LogP contribution in [0.5, 0.6) is 5.75 Å². The maximum atomic E-state index is 12.3. The third kappa shape index (κ3) is 4.63. The van der Waals surface area contributed by atoms with E-state index in [1.807, 2.05) is 43.3 Å². The predicted octanol–water partition coefficient (Wildman–Crippen LogP) is 5.23. The number of carbonyl (C=O) groups is 2. The van der Waals surface area contributed by atoms with Gasteiger partial charge in [-0.15, -0.1) is 11.3 Å². The van der Waals surface area contributed by atoms with Crippen LogP contribution in [-0.2, 0) is 4.79 Å². The quantitative estimate of drug-likeness (QED) is 0.453. The van der Waals surface area contributed by atoms with Gasteiger partial charge in [0.15, 0.2) is 6.61 Å². The summed E-state index contributed by atoms with van der Waals surface area (Å²) >= 11 is 14.3. The zero-order chi connectivity index (χ0) is 19.6. The Morgan fingerprint density at radius 1 is 1.19 bits per heavy atom. The Morgan fingerprint density at radius 3 is 2.63 bits per heavy atom. The third-order valence-corrected chi connectivity index (χ3v) is 6.32. The van der Waals surface area contributed by atoms with Crippen LogP contribution >= 0.6 is 54.8 Å². The van der Waals surface area contributed by atoms with Crippen molar-refractivity contribution >= 4 is 76.7 Å². The van der Waals surface area contributed by atoms with Gasteiger partial charge in [0, 0.05) is 14.6 Å². The fourth-order valence-corrected chi connectivity index (χ4v) is 5.35. The number of hydrogen-bond donors (Lipinski definition) is 2. The summed E-state index contributed by atoms with van der Waals surface area (Å²) in [5.41, 5.74) is 5.56. The number of ether oxygens (including phenoxy) is 1. The minimum atomic E-state index is -0.491. The molecule has 0 radical (unpaired) electrons. The molecule has 0 atom stereocenters. The Kier molecular flexibility index (Phi) is 6.41. The first kappa shape index (κ1) is 20.1. The molecule has 0 aliphatic heterocycles. The molecule has 0 aliphatic rings. The second-order valence-electron chi connectivity index (χ2n) is 5.57. The van der Waals surface area contributed by atoms with Gasteiger partial charge in [0.2, 0.25) is 0 Å². The van der Waals surface area contributed by atoms with E-state index in [1.165, 1.54) is 11.3 Å². The molecule has 3 rings (SSSR count). The zero-order valence-electron chi connectivity index (χ0n) is 13.9. The molecule has 3 aromatic rings. The molecule has 140 valence electrons. The molecule has 5 nitrogen and oxygen atoms in total. The maximum absolute atomic E-state index is 12.3. The van der Waals surface area contributed by atoms with E-state index in [0.29, 0.717) is 15.6 Å². The SMILES string of the molecule is Cc1cc(Br)cc(Br)c1OCC(=O)NNC(=O)c1sc2ccccc2c1Cl. The number of nitrogens with one attached hydrogen (secondary N) is 2. The molecule has 0 saturated carbocycles. The monoisotopic (exact) mass is 530 g/mol. The van der Waals surface area contributed by atoms with Crippen LogP contribution in [0.15, 0.2) is 45.3 Å². The summed E-state index contributed by atoms with van der Waals surface area (Å²) in [5, 5.41) is 1.17. The van der Waals surface area contributed by atoms with E-state index < -0.39 is 11.8 Å². The largest absolute Gasteiger partial charge is 0.482 e. The van der Waals surface area contributed by atoms with Crippen molar-refractivity contribution < 1.29 is 14.3 Å². The van der Waals surface area contributed by atoms with Crippen LogP contribution in [0.3, 0.4) is 0 Å². The number of amides is 2. The van der Waals surface area contributed by atoms with Crippen molar-refractivity contribution in [2.45, 2.75) is 6.92 Å². The smallest absolute Gasteiger partial charge is 0.281 e. The highest BCUT2D eigenvalue weighted by molar-refractivity contribution is 9.11. The van der Waals surface area contributed by atoms with Gasteiger partial charge in [-0.05, 0) is 46.6 Å². The lowest BCUT2D eigenvalue weighted by atomic mass is 10.2. The van der Waals surface area contributed by atoms with Crippen LogP contribution in [0.25, 0.3) is 10.1 Å². The standard InChI is InChI=1S/C18H13Br2ClN2O3S/c1-9-6-10(19)7-12(20)16(9)26-8-14(24)22-23-18(25)17-15(21)11-4-2-3-5-13(11)27-17/h2-7H,8H2,1H3,(H,22,24)(H,23,25). The number of carbonyl (C=O) groups excluding carboxylic acids is 2. The van der Waals surface area contributed by atoms with Crippen molar-refractivity contribution in [2.75, 3.05) is 6.61 Å². The van der Waals surface area contributed by atoms with E-state index in [2.05, 4.69) is 42.7 Å². The summed E-state index contributed by atoms with van der Waals surface area (Å²) in [6.07, 6.45) is 0. The third-order valence-electron chi connectivity index (χ3n) is 3.60. The number of hydrazine groups is 1. The molecular formula is C18H13Br2ClN2O3S. The molecule has 2 N–H and O–H groups in total. The number of rotatable bonds is 4. The van der Waals surface area contributed by atoms with Gasteiger partial charge in [-0.3, -0.25) is 20.4 Å². The van der Waals surface area contributed by atoms with Gasteiger partial charge in [-0.1, -0.05) is 45.7 Å². The summed E-state index contributed by atoms with van der Waals surface area (Å²) in [5.74, 6) is -0.405. The first-order valence-electron chi connectivity index (χ1n) is 7.71. The van der Waals surface area contributed by atoms with Crippen molar-refractivity contribution in [2.24, 2.45) is 0 Å². The van der Waals surface area contributed by atoms with Crippen LogP contribution < -0.4 is 15.6 Å². The topological polar surface area (TPSA) is 67.4 Å². The van der Waals surface area contributed by atoms with E-state index in [4.69, 9.17) is 16.3 Å². The number of halogens is 3. The lowest BCUT2D eigenvalue weighted by molar-refractivity contribution is -0.123. The Labute approximate surface area is 181 Å². The summed E-state index contributed by atoms with van der Waals surface area (Å²) in [4.78, 5) is 24.6. The van der Waals surface area contributed by atoms with Gasteiger partial charge < -0.3 is 4.74 Å². The van der Waals surface area contributed by atoms with E-state index >= 15 is 0 Å². The van der Waals surface area contributed by atoms with E-state index in [0.717, 1.165) is 24.6 Å². The second-order valence-corrected chi connectivity index (χ2v) is 8.77. The van der Waals surface area contributed by atoms with Crippen LogP contribution in [0.4, 0.5) is 0 Å². The van der Waals surface area contributed by atoms with Crippen molar-refractivity contribution in [3.63, 3.8) is 0 Å². The average molecular weight is 533 g/mol. The Hall–Kier alpha value is -1.61. The summed E-state index contributed by atoms with van der Waals surface area (Å²) in [6, 6.07) is 11.2. The normalized spacial score (nSPS) is 10.7. The van der Waals surface area contributed by atoms with Crippen LogP contribution in [0, 0.1) is 6.92 Å². The molecule has 27 heavy (non-hydrogen) atoms. The van der Waals surface area contributed by atoms with Crippen molar-refractivity contribution in [1.82, 2.24) is 10.9 Å². The van der Waals surface area contributed by atoms with Gasteiger partial charge in [0.05, 0.1) is 9.50 Å². The minimum absolute atomic E-state index is 0.249. The number of aryl methyl sites for hydroxylation is 1. The van der Waals surface area contributed by atoms with Gasteiger partial charge in [-0.25, -0.2) is 0 Å². The first-order chi connectivity index (χ1) is 12.9. The molecule has 0 fully saturated rings. The lowest BCUT2D eigenvalue weighted by Crippen LogP contribution is -2.43. The van der Waals surface area contributed by atoms with Crippen molar-refractivity contribution in [1.29, 1.82) is 0 Å². The van der Waals surface area contributed by atoms with Gasteiger partial charge in [-0.2, -0.15) is 0 Å². The molecule has 2 amide bonds. The lowest BCUT2D eigenvalue weighted by Gasteiger charge is -2.12. The molecule has 1 heterocycles. The van der Waals surface area contributed by atoms with E-state index in [-0.39, 0.29) is 6.61 Å². The summed E-state index contributed by atoms with van der Waals surface area (Å²) in [7, 11) is 0. The molecule has 0 aliphatic carbocycles. The molecule has 0 unspecified atom stereocenters. The Balaban J connectivity index is 1.59. The van der Waals surface area contributed by atoms with Crippen LogP contribution in [0.2, 0.25) is 5.02 Å². The highest BCUT2D eigenvalue weighted by Crippen LogP contribution is 2.35. The molecule has 0 saturated heterocycles. The van der Waals surface area contributed by atoms with Crippen molar-refractivity contribution in [3.8, 4) is 5.75 Å². The summed E-state index contributed by atoms with van der Waals surface area (Å²) < 4.78 is 8.06. The van der Waals surface area contributed by atoms with Crippen LogP contribution in [-0.4, -0.2) is 18.4 Å². The molecule has 9 heteroatoms. The fraction of sp³-hybridized carbons (Fsp3) is 0.111. The van der Waals surface area contributed by atoms with E-state index in [1.54, 1.807) is 0 Å². The van der Waals surface area contributed by atoms with Crippen molar-refractivity contribution in [3.05, 3.63) is 60.8 Å². The van der Waals surface area contributed by atoms with Gasteiger partial charge in [0.25, 0.3) is 11.8 Å². The zero-order valence-corrected chi connectivity index (χ0v) is 18.7. The minimum Gasteiger partial charge on any atom is -0.482 e. The number of thiophene rings is 1. The maximum Gasteiger partial charge on any atom is 0.281 e. The highest BCUT2D eigenvalue weighted by Gasteiger charge is 2.17. The predicted molar refractivity (Wildman–Crippen MR) is 115 cm³/mol. The average Bonchev–Trinajstić information content (AvgIpc) is 2.96. The fourth-order valence-electron chi connectivity index (χ4n) is 2.39. The molecule has 2 aromatic carbocycles. The number of benzene rings is 2.